The van der Waals surface area contributed by atoms with Gasteiger partial charge in [-0.1, -0.05) is 107 Å². The van der Waals surface area contributed by atoms with Gasteiger partial charge in [0, 0.05) is 22.3 Å². The number of allylic oxidation sites excluding steroid dienone is 4. The van der Waals surface area contributed by atoms with E-state index in [9.17, 15) is 29.4 Å². The van der Waals surface area contributed by atoms with Crippen molar-refractivity contribution in [1.82, 2.24) is 0 Å². The maximum Gasteiger partial charge on any atom is 0.305 e. The van der Waals surface area contributed by atoms with Crippen LogP contribution < -0.4 is 0 Å². The minimum atomic E-state index is -1.27. The van der Waals surface area contributed by atoms with Gasteiger partial charge in [-0.25, -0.2) is 0 Å². The number of carboxylic acids is 2. The Bertz CT molecular complexity index is 1140. The Balaban J connectivity index is 2.61. The van der Waals surface area contributed by atoms with Crippen LogP contribution in [-0.2, 0) is 19.2 Å². The van der Waals surface area contributed by atoms with Crippen molar-refractivity contribution in [3.63, 3.8) is 0 Å². The number of rotatable bonds is 4. The molecule has 1 heterocycles. The van der Waals surface area contributed by atoms with E-state index in [2.05, 4.69) is 0 Å². The first-order chi connectivity index (χ1) is 18.2. The number of hydrogen-bond donors (Lipinski definition) is 2. The molecule has 2 N–H and O–H groups in total. The predicted octanol–water partition coefficient (Wildman–Crippen LogP) is 7.65. The molecule has 226 valence electrons. The third-order valence-electron chi connectivity index (χ3n) is 7.81. The second-order valence-corrected chi connectivity index (χ2v) is 19.3. The zero-order valence-corrected chi connectivity index (χ0v) is 28.2. The minimum absolute atomic E-state index is 0.0581. The lowest BCUT2D eigenvalue weighted by Gasteiger charge is -2.46. The molecule has 8 heteroatoms. The fourth-order valence-corrected chi connectivity index (χ4v) is 10.3. The van der Waals surface area contributed by atoms with Crippen molar-refractivity contribution < 1.29 is 29.4 Å². The van der Waals surface area contributed by atoms with Crippen LogP contribution >= 0.6 is 23.5 Å². The highest BCUT2D eigenvalue weighted by atomic mass is 32.2. The smallest absolute Gasteiger partial charge is 0.305 e. The SMILES string of the molecule is CC(C)(C)C1=CC2(C=C(C(C)(C)C)C1=O)SC(CC(=O)O)(CC(=O)O)SC21C=C(C(C)(C)C)C(=O)C(C(C)(C)C)=C1. The van der Waals surface area contributed by atoms with E-state index in [1.807, 2.05) is 107 Å². The van der Waals surface area contributed by atoms with Crippen LogP contribution in [-0.4, -0.2) is 47.3 Å². The zero-order chi connectivity index (χ0) is 31.8. The average Bonchev–Trinajstić information content (AvgIpc) is 2.94. The van der Waals surface area contributed by atoms with E-state index >= 15 is 0 Å². The molecular weight excluding hydrogens is 556 g/mol. The Morgan fingerprint density at radius 3 is 0.951 bits per heavy atom. The number of aliphatic carboxylic acids is 2. The number of ketones is 2. The monoisotopic (exact) mass is 602 g/mol. The highest BCUT2D eigenvalue weighted by molar-refractivity contribution is 8.23. The van der Waals surface area contributed by atoms with Crippen LogP contribution in [0, 0.1) is 21.7 Å². The van der Waals surface area contributed by atoms with Gasteiger partial charge in [-0.2, -0.15) is 0 Å². The number of Topliss-reactive ketones (excluding diaryl/α,β-unsaturated/α-hetero) is 2. The molecule has 1 aliphatic heterocycles. The number of carbonyl (C=O) groups is 4. The van der Waals surface area contributed by atoms with Gasteiger partial charge >= 0.3 is 11.9 Å². The summed E-state index contributed by atoms with van der Waals surface area (Å²) < 4.78 is -3.33. The van der Waals surface area contributed by atoms with Crippen LogP contribution in [0.4, 0.5) is 0 Å². The number of fused-ring (bicyclic) bond motifs is 1. The lowest BCUT2D eigenvalue weighted by Crippen LogP contribution is -2.48. The van der Waals surface area contributed by atoms with Crippen molar-refractivity contribution in [1.29, 1.82) is 0 Å². The van der Waals surface area contributed by atoms with Crippen LogP contribution in [0.25, 0.3) is 0 Å². The van der Waals surface area contributed by atoms with Crippen molar-refractivity contribution in [2.24, 2.45) is 21.7 Å². The summed E-state index contributed by atoms with van der Waals surface area (Å²) in [7, 11) is 0. The largest absolute Gasteiger partial charge is 0.481 e. The van der Waals surface area contributed by atoms with Gasteiger partial charge < -0.3 is 10.2 Å². The van der Waals surface area contributed by atoms with E-state index in [0.717, 1.165) is 0 Å². The van der Waals surface area contributed by atoms with Gasteiger partial charge in [0.1, 0.15) is 0 Å². The van der Waals surface area contributed by atoms with Crippen LogP contribution in [0.2, 0.25) is 0 Å². The summed E-state index contributed by atoms with van der Waals surface area (Å²) in [6.45, 7) is 23.8. The average molecular weight is 603 g/mol. The van der Waals surface area contributed by atoms with Gasteiger partial charge in [0.25, 0.3) is 0 Å². The topological polar surface area (TPSA) is 109 Å². The Morgan fingerprint density at radius 1 is 0.561 bits per heavy atom. The molecule has 0 aromatic carbocycles. The predicted molar refractivity (Wildman–Crippen MR) is 168 cm³/mol. The second-order valence-electron chi connectivity index (χ2n) is 15.7. The first-order valence-electron chi connectivity index (χ1n) is 14.1. The van der Waals surface area contributed by atoms with Crippen LogP contribution in [0.15, 0.2) is 46.6 Å². The van der Waals surface area contributed by atoms with Crippen molar-refractivity contribution in [2.75, 3.05) is 0 Å². The van der Waals surface area contributed by atoms with E-state index in [-0.39, 0.29) is 11.6 Å². The molecule has 0 atom stereocenters. The van der Waals surface area contributed by atoms with Crippen molar-refractivity contribution >= 4 is 47.0 Å². The summed E-state index contributed by atoms with van der Waals surface area (Å²) in [5, 5.41) is 20.1. The highest BCUT2D eigenvalue weighted by Gasteiger charge is 2.66. The molecular formula is C33H46O6S2. The van der Waals surface area contributed by atoms with E-state index in [1.165, 1.54) is 23.5 Å². The molecule has 41 heavy (non-hydrogen) atoms. The summed E-state index contributed by atoms with van der Waals surface area (Å²) in [5.74, 6) is -2.32. The molecule has 1 saturated heterocycles. The summed E-state index contributed by atoms with van der Waals surface area (Å²) in [4.78, 5) is 52.6. The summed E-state index contributed by atoms with van der Waals surface area (Å²) in [5.41, 5.74) is 0.264. The summed E-state index contributed by atoms with van der Waals surface area (Å²) >= 11 is 2.62. The fourth-order valence-electron chi connectivity index (χ4n) is 5.75. The van der Waals surface area contributed by atoms with Crippen LogP contribution in [0.3, 0.4) is 0 Å². The number of carbonyl (C=O) groups excluding carboxylic acids is 2. The number of hydrogen-bond acceptors (Lipinski definition) is 6. The normalized spacial score (nSPS) is 22.3. The fraction of sp³-hybridized carbons (Fsp3) is 0.636. The molecule has 0 aromatic rings. The van der Waals surface area contributed by atoms with Crippen molar-refractivity contribution in [2.45, 2.75) is 109 Å². The molecule has 0 amide bonds. The third-order valence-corrected chi connectivity index (χ3v) is 11.6. The first-order valence-corrected chi connectivity index (χ1v) is 15.7. The molecule has 2 spiro atoms. The summed E-state index contributed by atoms with van der Waals surface area (Å²) in [6, 6.07) is 0. The molecule has 0 unspecified atom stereocenters. The van der Waals surface area contributed by atoms with Gasteiger partial charge in [-0.15, -0.1) is 23.5 Å². The molecule has 1 fully saturated rings. The molecule has 0 saturated carbocycles. The van der Waals surface area contributed by atoms with E-state index in [4.69, 9.17) is 0 Å². The number of thioether (sulfide) groups is 2. The first kappa shape index (κ1) is 33.4. The lowest BCUT2D eigenvalue weighted by molar-refractivity contribution is -0.138. The Kier molecular flexibility index (Phi) is 8.16. The third kappa shape index (κ3) is 6.20. The van der Waals surface area contributed by atoms with Crippen LogP contribution in [0.1, 0.15) is 95.9 Å². The standard InChI is InChI=1S/C33H46O6S2/c1-27(2,3)19-13-31(14-20(25(19)38)28(4,5)6)32(41-33(40-31,17-23(34)35)18-24(36)37)15-21(29(7,8)9)26(39)22(16-32)30(10,11)12/h13-16H,17-18H2,1-12H3,(H,34,35)(H,36,37). The molecule has 6 nitrogen and oxygen atoms in total. The van der Waals surface area contributed by atoms with Gasteiger partial charge in [0.2, 0.25) is 0 Å². The Hall–Kier alpha value is -2.06. The molecule has 0 aromatic heterocycles. The van der Waals surface area contributed by atoms with Crippen LogP contribution in [0.5, 0.6) is 0 Å². The molecule has 2 aliphatic carbocycles. The molecule has 3 aliphatic rings. The van der Waals surface area contributed by atoms with Gasteiger partial charge in [-0.05, 0) is 21.7 Å². The second kappa shape index (κ2) is 10.0. The highest BCUT2D eigenvalue weighted by Crippen LogP contribution is 2.72. The summed E-state index contributed by atoms with van der Waals surface area (Å²) in [6.07, 6.45) is 7.03. The van der Waals surface area contributed by atoms with Crippen molar-refractivity contribution in [3.8, 4) is 0 Å². The van der Waals surface area contributed by atoms with Gasteiger partial charge in [-0.3, -0.25) is 19.2 Å². The Morgan fingerprint density at radius 2 is 0.780 bits per heavy atom. The van der Waals surface area contributed by atoms with E-state index < -0.39 is 60.0 Å². The Labute approximate surface area is 253 Å². The van der Waals surface area contributed by atoms with E-state index in [1.54, 1.807) is 0 Å². The maximum atomic E-state index is 14.0. The molecule has 0 radical (unpaired) electrons. The van der Waals surface area contributed by atoms with E-state index in [0.29, 0.717) is 22.3 Å². The maximum absolute atomic E-state index is 14.0. The molecule has 3 rings (SSSR count). The zero-order valence-electron chi connectivity index (χ0n) is 26.6. The lowest BCUT2D eigenvalue weighted by atomic mass is 9.65. The van der Waals surface area contributed by atoms with Crippen molar-refractivity contribution in [3.05, 3.63) is 46.6 Å². The minimum Gasteiger partial charge on any atom is -0.481 e. The quantitative estimate of drug-likeness (QED) is 0.338. The van der Waals surface area contributed by atoms with Gasteiger partial charge in [0.05, 0.1) is 26.4 Å². The van der Waals surface area contributed by atoms with Gasteiger partial charge in [0.15, 0.2) is 11.6 Å². The number of carboxylic acid groups (broad SMARTS) is 2. The molecule has 0 bridgehead atoms.